The molecule has 0 N–H and O–H groups in total. The zero-order chi connectivity index (χ0) is 15.7. The monoisotopic (exact) mass is 336 g/mol. The summed E-state index contributed by atoms with van der Waals surface area (Å²) in [5.41, 5.74) is 0. The number of rotatable bonds is 4. The van der Waals surface area contributed by atoms with E-state index in [1.165, 1.54) is 5.30 Å². The fraction of sp³-hybridized carbons (Fsp3) is 0.100. The van der Waals surface area contributed by atoms with Crippen molar-refractivity contribution in [3.05, 3.63) is 91.0 Å². The Hall–Kier alpha value is -1.68. The minimum Gasteiger partial charge on any atom is -0.313 e. The zero-order valence-corrected chi connectivity index (χ0v) is 14.5. The minimum absolute atomic E-state index is 0.282. The first-order valence-corrected chi connectivity index (χ1v) is 11.2. The SMILES string of the molecule is O=P(c1ccccc1)(c1ccccc1)C1CP1c1ccccc1. The molecular weight excluding hydrogens is 318 g/mol. The van der Waals surface area contributed by atoms with Crippen LogP contribution in [0.5, 0.6) is 0 Å². The van der Waals surface area contributed by atoms with Crippen LogP contribution in [-0.4, -0.2) is 11.6 Å². The summed E-state index contributed by atoms with van der Waals surface area (Å²) in [6.45, 7) is 0. The first kappa shape index (κ1) is 14.9. The lowest BCUT2D eigenvalue weighted by Crippen LogP contribution is -2.19. The van der Waals surface area contributed by atoms with E-state index in [0.717, 1.165) is 16.8 Å². The molecule has 23 heavy (non-hydrogen) atoms. The van der Waals surface area contributed by atoms with Crippen LogP contribution in [0.1, 0.15) is 0 Å². The molecule has 0 aliphatic carbocycles. The van der Waals surface area contributed by atoms with Gasteiger partial charge in [0.1, 0.15) is 0 Å². The van der Waals surface area contributed by atoms with Crippen molar-refractivity contribution in [1.29, 1.82) is 0 Å². The maximum Gasteiger partial charge on any atom is 0.150 e. The van der Waals surface area contributed by atoms with Gasteiger partial charge in [0, 0.05) is 16.0 Å². The van der Waals surface area contributed by atoms with Crippen molar-refractivity contribution in [2.45, 2.75) is 5.40 Å². The Balaban J connectivity index is 1.78. The maximum absolute atomic E-state index is 14.2. The van der Waals surface area contributed by atoms with Gasteiger partial charge >= 0.3 is 0 Å². The smallest absolute Gasteiger partial charge is 0.150 e. The second kappa shape index (κ2) is 6.08. The van der Waals surface area contributed by atoms with Gasteiger partial charge in [-0.05, 0) is 11.5 Å². The lowest BCUT2D eigenvalue weighted by atomic mass is 10.4. The van der Waals surface area contributed by atoms with E-state index in [2.05, 4.69) is 24.3 Å². The van der Waals surface area contributed by atoms with Crippen LogP contribution in [-0.2, 0) is 4.57 Å². The highest BCUT2D eigenvalue weighted by Crippen LogP contribution is 2.74. The largest absolute Gasteiger partial charge is 0.313 e. The predicted octanol–water partition coefficient (Wildman–Crippen LogP) is 4.15. The van der Waals surface area contributed by atoms with E-state index in [9.17, 15) is 4.57 Å². The van der Waals surface area contributed by atoms with Crippen molar-refractivity contribution in [2.24, 2.45) is 0 Å². The molecule has 0 spiro atoms. The summed E-state index contributed by atoms with van der Waals surface area (Å²) < 4.78 is 14.2. The third kappa shape index (κ3) is 2.69. The zero-order valence-electron chi connectivity index (χ0n) is 12.7. The standard InChI is InChI=1S/C20H18OP2/c21-23(18-12-6-2-7-13-18,19-14-8-3-9-15-19)20-16-22(20)17-10-4-1-5-11-17/h1-15,20H,16H2. The topological polar surface area (TPSA) is 17.1 Å². The molecule has 3 aromatic rings. The Morgan fingerprint density at radius 1 is 0.696 bits per heavy atom. The van der Waals surface area contributed by atoms with Gasteiger partial charge in [-0.2, -0.15) is 0 Å². The van der Waals surface area contributed by atoms with Crippen LogP contribution in [0.2, 0.25) is 0 Å². The number of hydrogen-bond donors (Lipinski definition) is 0. The average Bonchev–Trinajstić information content (AvgIpc) is 3.45. The number of hydrogen-bond acceptors (Lipinski definition) is 1. The summed E-state index contributed by atoms with van der Waals surface area (Å²) in [6.07, 6.45) is 1.07. The molecule has 1 heterocycles. The van der Waals surface area contributed by atoms with E-state index in [4.69, 9.17) is 0 Å². The Morgan fingerprint density at radius 3 is 1.61 bits per heavy atom. The van der Waals surface area contributed by atoms with Crippen LogP contribution >= 0.6 is 15.1 Å². The Kier molecular flexibility index (Phi) is 3.93. The van der Waals surface area contributed by atoms with Crippen molar-refractivity contribution < 1.29 is 4.57 Å². The van der Waals surface area contributed by atoms with Crippen LogP contribution in [0.4, 0.5) is 0 Å². The van der Waals surface area contributed by atoms with Crippen molar-refractivity contribution >= 4 is 31.0 Å². The lowest BCUT2D eigenvalue weighted by molar-refractivity contribution is 0.587. The molecule has 0 radical (unpaired) electrons. The molecule has 3 heteroatoms. The van der Waals surface area contributed by atoms with Gasteiger partial charge in [0.05, 0.1) is 0 Å². The highest BCUT2D eigenvalue weighted by Gasteiger charge is 2.52. The summed E-state index contributed by atoms with van der Waals surface area (Å²) in [4.78, 5) is 0. The highest BCUT2D eigenvalue weighted by atomic mass is 31.2. The van der Waals surface area contributed by atoms with Gasteiger partial charge in [0.25, 0.3) is 0 Å². The molecule has 0 saturated carbocycles. The Morgan fingerprint density at radius 2 is 1.13 bits per heavy atom. The summed E-state index contributed by atoms with van der Waals surface area (Å²) in [5.74, 6) is 0. The third-order valence-electron chi connectivity index (χ3n) is 4.37. The third-order valence-corrected chi connectivity index (χ3v) is 11.8. The fourth-order valence-electron chi connectivity index (χ4n) is 3.13. The predicted molar refractivity (Wildman–Crippen MR) is 101 cm³/mol. The van der Waals surface area contributed by atoms with E-state index in [1.54, 1.807) is 0 Å². The van der Waals surface area contributed by atoms with E-state index in [-0.39, 0.29) is 13.3 Å². The molecule has 3 aromatic carbocycles. The molecule has 1 aliphatic rings. The van der Waals surface area contributed by atoms with Crippen LogP contribution in [0.15, 0.2) is 91.0 Å². The van der Waals surface area contributed by atoms with Gasteiger partial charge < -0.3 is 4.57 Å². The molecular formula is C20H18OP2. The fourth-order valence-corrected chi connectivity index (χ4v) is 11.2. The maximum atomic E-state index is 14.2. The molecule has 114 valence electrons. The van der Waals surface area contributed by atoms with Crippen molar-refractivity contribution in [3.8, 4) is 0 Å². The minimum atomic E-state index is -2.58. The quantitative estimate of drug-likeness (QED) is 0.654. The molecule has 0 bridgehead atoms. The summed E-state index contributed by atoms with van der Waals surface area (Å²) in [5, 5.41) is 3.65. The van der Waals surface area contributed by atoms with Crippen LogP contribution in [0, 0.1) is 0 Å². The van der Waals surface area contributed by atoms with Gasteiger partial charge in [0.2, 0.25) is 0 Å². The van der Waals surface area contributed by atoms with Crippen LogP contribution in [0.25, 0.3) is 0 Å². The van der Waals surface area contributed by atoms with Crippen LogP contribution in [0.3, 0.4) is 0 Å². The van der Waals surface area contributed by atoms with Gasteiger partial charge in [-0.1, -0.05) is 98.9 Å². The molecule has 1 aliphatic heterocycles. The molecule has 0 amide bonds. The first-order chi connectivity index (χ1) is 11.3. The Bertz CT molecular complexity index is 788. The summed E-state index contributed by atoms with van der Waals surface area (Å²) in [6, 6.07) is 30.7. The van der Waals surface area contributed by atoms with E-state index in [0.29, 0.717) is 0 Å². The van der Waals surface area contributed by atoms with Crippen molar-refractivity contribution in [2.75, 3.05) is 6.16 Å². The van der Waals surface area contributed by atoms with Gasteiger partial charge in [0.15, 0.2) is 7.14 Å². The molecule has 1 saturated heterocycles. The lowest BCUT2D eigenvalue weighted by Gasteiger charge is -2.19. The molecule has 2 unspecified atom stereocenters. The van der Waals surface area contributed by atoms with E-state index < -0.39 is 7.14 Å². The average molecular weight is 336 g/mol. The summed E-state index contributed by atoms with van der Waals surface area (Å²) >= 11 is 0. The molecule has 2 atom stereocenters. The van der Waals surface area contributed by atoms with Crippen molar-refractivity contribution in [1.82, 2.24) is 0 Å². The van der Waals surface area contributed by atoms with E-state index in [1.807, 2.05) is 66.7 Å². The van der Waals surface area contributed by atoms with Crippen LogP contribution < -0.4 is 15.9 Å². The molecule has 1 fully saturated rings. The van der Waals surface area contributed by atoms with Gasteiger partial charge in [-0.25, -0.2) is 0 Å². The Labute approximate surface area is 138 Å². The molecule has 1 nitrogen and oxygen atoms in total. The van der Waals surface area contributed by atoms with Gasteiger partial charge in [-0.15, -0.1) is 0 Å². The first-order valence-electron chi connectivity index (χ1n) is 7.83. The second-order valence-corrected chi connectivity index (χ2v) is 11.6. The molecule has 4 rings (SSSR count). The second-order valence-electron chi connectivity index (χ2n) is 5.80. The normalized spacial score (nSPS) is 20.2. The van der Waals surface area contributed by atoms with Gasteiger partial charge in [-0.3, -0.25) is 0 Å². The van der Waals surface area contributed by atoms with E-state index >= 15 is 0 Å². The molecule has 0 aromatic heterocycles. The van der Waals surface area contributed by atoms with Crippen molar-refractivity contribution in [3.63, 3.8) is 0 Å². The summed E-state index contributed by atoms with van der Waals surface area (Å²) in [7, 11) is -2.89. The highest BCUT2D eigenvalue weighted by molar-refractivity contribution is 7.95. The number of benzene rings is 3.